The van der Waals surface area contributed by atoms with Crippen molar-refractivity contribution in [3.63, 3.8) is 0 Å². The standard InChI is InChI=1S/C11H15N3O2/c1-7-4-5-10(15-7)8(2)12-6-11-13-9(3)16-14-11/h4-5,8,12H,6H2,1-3H3. The fourth-order valence-electron chi connectivity index (χ4n) is 1.44. The lowest BCUT2D eigenvalue weighted by atomic mass is 10.2. The Morgan fingerprint density at radius 3 is 2.75 bits per heavy atom. The second-order valence-corrected chi connectivity index (χ2v) is 3.78. The van der Waals surface area contributed by atoms with Crippen molar-refractivity contribution in [3.05, 3.63) is 35.4 Å². The van der Waals surface area contributed by atoms with Crippen LogP contribution in [-0.4, -0.2) is 10.1 Å². The summed E-state index contributed by atoms with van der Waals surface area (Å²) in [6.07, 6.45) is 0. The first kappa shape index (κ1) is 10.9. The van der Waals surface area contributed by atoms with Crippen molar-refractivity contribution >= 4 is 0 Å². The number of nitrogens with zero attached hydrogens (tertiary/aromatic N) is 2. The van der Waals surface area contributed by atoms with Gasteiger partial charge in [-0.2, -0.15) is 4.98 Å². The van der Waals surface area contributed by atoms with Gasteiger partial charge < -0.3 is 14.3 Å². The Bertz CT molecular complexity index is 461. The number of rotatable bonds is 4. The summed E-state index contributed by atoms with van der Waals surface area (Å²) in [5, 5.41) is 7.07. The summed E-state index contributed by atoms with van der Waals surface area (Å²) in [4.78, 5) is 4.11. The van der Waals surface area contributed by atoms with Crippen LogP contribution in [0.25, 0.3) is 0 Å². The predicted molar refractivity (Wildman–Crippen MR) is 57.7 cm³/mol. The Balaban J connectivity index is 1.91. The Morgan fingerprint density at radius 2 is 2.19 bits per heavy atom. The average molecular weight is 221 g/mol. The number of aromatic nitrogens is 2. The van der Waals surface area contributed by atoms with E-state index < -0.39 is 0 Å². The van der Waals surface area contributed by atoms with Crippen LogP contribution in [0.3, 0.4) is 0 Å². The number of hydrogen-bond acceptors (Lipinski definition) is 5. The minimum atomic E-state index is 0.132. The van der Waals surface area contributed by atoms with Crippen LogP contribution in [0, 0.1) is 13.8 Å². The van der Waals surface area contributed by atoms with Crippen LogP contribution in [-0.2, 0) is 6.54 Å². The highest BCUT2D eigenvalue weighted by Crippen LogP contribution is 2.15. The Hall–Kier alpha value is -1.62. The van der Waals surface area contributed by atoms with E-state index in [0.717, 1.165) is 11.5 Å². The molecule has 2 aromatic heterocycles. The van der Waals surface area contributed by atoms with E-state index in [1.165, 1.54) is 0 Å². The molecule has 0 bridgehead atoms. The van der Waals surface area contributed by atoms with Gasteiger partial charge in [-0.05, 0) is 26.0 Å². The predicted octanol–water partition coefficient (Wildman–Crippen LogP) is 2.13. The molecular weight excluding hydrogens is 206 g/mol. The van der Waals surface area contributed by atoms with E-state index in [1.54, 1.807) is 6.92 Å². The van der Waals surface area contributed by atoms with Crippen molar-refractivity contribution < 1.29 is 8.94 Å². The molecule has 5 nitrogen and oxygen atoms in total. The average Bonchev–Trinajstić information content (AvgIpc) is 2.84. The summed E-state index contributed by atoms with van der Waals surface area (Å²) in [5.74, 6) is 3.07. The molecule has 0 spiro atoms. The molecule has 0 aliphatic carbocycles. The van der Waals surface area contributed by atoms with Gasteiger partial charge in [0.15, 0.2) is 5.82 Å². The third kappa shape index (κ3) is 2.49. The summed E-state index contributed by atoms with van der Waals surface area (Å²) in [5.41, 5.74) is 0. The molecule has 5 heteroatoms. The first-order valence-electron chi connectivity index (χ1n) is 5.24. The molecule has 86 valence electrons. The number of hydrogen-bond donors (Lipinski definition) is 1. The van der Waals surface area contributed by atoms with Gasteiger partial charge in [-0.25, -0.2) is 0 Å². The molecule has 0 saturated carbocycles. The highest BCUT2D eigenvalue weighted by Gasteiger charge is 2.10. The molecular formula is C11H15N3O2. The third-order valence-electron chi connectivity index (χ3n) is 2.32. The van der Waals surface area contributed by atoms with Gasteiger partial charge in [0.1, 0.15) is 11.5 Å². The normalized spacial score (nSPS) is 12.9. The maximum Gasteiger partial charge on any atom is 0.223 e. The van der Waals surface area contributed by atoms with Crippen LogP contribution in [0.2, 0.25) is 0 Å². The summed E-state index contributed by atoms with van der Waals surface area (Å²) in [6.45, 7) is 6.30. The van der Waals surface area contributed by atoms with Gasteiger partial charge in [-0.15, -0.1) is 0 Å². The summed E-state index contributed by atoms with van der Waals surface area (Å²) >= 11 is 0. The van der Waals surface area contributed by atoms with E-state index >= 15 is 0 Å². The van der Waals surface area contributed by atoms with Gasteiger partial charge in [0.05, 0.1) is 12.6 Å². The van der Waals surface area contributed by atoms with E-state index in [4.69, 9.17) is 8.94 Å². The van der Waals surface area contributed by atoms with Crippen LogP contribution in [0.5, 0.6) is 0 Å². The molecule has 0 fully saturated rings. The zero-order valence-electron chi connectivity index (χ0n) is 9.65. The maximum absolute atomic E-state index is 5.51. The second-order valence-electron chi connectivity index (χ2n) is 3.78. The first-order chi connectivity index (χ1) is 7.65. The van der Waals surface area contributed by atoms with Crippen molar-refractivity contribution in [1.82, 2.24) is 15.5 Å². The van der Waals surface area contributed by atoms with Crippen LogP contribution in [0.4, 0.5) is 0 Å². The van der Waals surface area contributed by atoms with Crippen LogP contribution < -0.4 is 5.32 Å². The zero-order valence-corrected chi connectivity index (χ0v) is 9.65. The van der Waals surface area contributed by atoms with Gasteiger partial charge in [0, 0.05) is 6.92 Å². The Kier molecular flexibility index (Phi) is 3.05. The smallest absolute Gasteiger partial charge is 0.223 e. The van der Waals surface area contributed by atoms with E-state index in [0.29, 0.717) is 18.3 Å². The maximum atomic E-state index is 5.51. The third-order valence-corrected chi connectivity index (χ3v) is 2.32. The number of furan rings is 1. The second kappa shape index (κ2) is 4.49. The molecule has 0 radical (unpaired) electrons. The Morgan fingerprint density at radius 1 is 1.38 bits per heavy atom. The minimum Gasteiger partial charge on any atom is -0.465 e. The van der Waals surface area contributed by atoms with Gasteiger partial charge in [0.2, 0.25) is 5.89 Å². The highest BCUT2D eigenvalue weighted by atomic mass is 16.5. The zero-order chi connectivity index (χ0) is 11.5. The Labute approximate surface area is 93.8 Å². The lowest BCUT2D eigenvalue weighted by Gasteiger charge is -2.08. The van der Waals surface area contributed by atoms with Crippen LogP contribution in [0.15, 0.2) is 21.1 Å². The van der Waals surface area contributed by atoms with Crippen LogP contribution >= 0.6 is 0 Å². The van der Waals surface area contributed by atoms with Gasteiger partial charge in [-0.3, -0.25) is 0 Å². The van der Waals surface area contributed by atoms with Crippen molar-refractivity contribution in [2.24, 2.45) is 0 Å². The molecule has 2 heterocycles. The molecule has 0 saturated heterocycles. The molecule has 0 amide bonds. The van der Waals surface area contributed by atoms with Crippen molar-refractivity contribution in [1.29, 1.82) is 0 Å². The van der Waals surface area contributed by atoms with Crippen molar-refractivity contribution in [2.45, 2.75) is 33.4 Å². The molecule has 2 rings (SSSR count). The number of aryl methyl sites for hydroxylation is 2. The molecule has 1 N–H and O–H groups in total. The van der Waals surface area contributed by atoms with Gasteiger partial charge in [0.25, 0.3) is 0 Å². The quantitative estimate of drug-likeness (QED) is 0.856. The summed E-state index contributed by atoms with van der Waals surface area (Å²) < 4.78 is 10.4. The molecule has 1 unspecified atom stereocenters. The molecule has 0 aliphatic heterocycles. The minimum absolute atomic E-state index is 0.132. The summed E-state index contributed by atoms with van der Waals surface area (Å²) in [7, 11) is 0. The molecule has 0 aromatic carbocycles. The topological polar surface area (TPSA) is 64.1 Å². The van der Waals surface area contributed by atoms with Crippen LogP contribution in [0.1, 0.15) is 36.2 Å². The SMILES string of the molecule is Cc1ccc(C(C)NCc2noc(C)n2)o1. The van der Waals surface area contributed by atoms with Crippen molar-refractivity contribution in [2.75, 3.05) is 0 Å². The van der Waals surface area contributed by atoms with Gasteiger partial charge >= 0.3 is 0 Å². The van der Waals surface area contributed by atoms with E-state index in [-0.39, 0.29) is 6.04 Å². The van der Waals surface area contributed by atoms with Gasteiger partial charge in [-0.1, -0.05) is 5.16 Å². The highest BCUT2D eigenvalue weighted by molar-refractivity contribution is 5.08. The lowest BCUT2D eigenvalue weighted by molar-refractivity contribution is 0.378. The largest absolute Gasteiger partial charge is 0.465 e. The van der Waals surface area contributed by atoms with E-state index in [9.17, 15) is 0 Å². The van der Waals surface area contributed by atoms with Crippen molar-refractivity contribution in [3.8, 4) is 0 Å². The summed E-state index contributed by atoms with van der Waals surface area (Å²) in [6, 6.07) is 4.05. The molecule has 2 aromatic rings. The molecule has 1 atom stereocenters. The first-order valence-corrected chi connectivity index (χ1v) is 5.24. The molecule has 0 aliphatic rings. The fraction of sp³-hybridized carbons (Fsp3) is 0.455. The van der Waals surface area contributed by atoms with E-state index in [1.807, 2.05) is 26.0 Å². The lowest BCUT2D eigenvalue weighted by Crippen LogP contribution is -2.18. The fourth-order valence-corrected chi connectivity index (χ4v) is 1.44. The molecule has 16 heavy (non-hydrogen) atoms. The monoisotopic (exact) mass is 221 g/mol. The number of nitrogens with one attached hydrogen (secondary N) is 1. The van der Waals surface area contributed by atoms with E-state index in [2.05, 4.69) is 15.5 Å².